The van der Waals surface area contributed by atoms with Crippen LogP contribution in [0.2, 0.25) is 0 Å². The first-order chi connectivity index (χ1) is 8.16. The van der Waals surface area contributed by atoms with E-state index in [4.69, 9.17) is 0 Å². The van der Waals surface area contributed by atoms with Crippen LogP contribution in [0.3, 0.4) is 0 Å². The normalized spacial score (nSPS) is 18.0. The maximum atomic E-state index is 11.9. The molecule has 92 valence electrons. The Kier molecular flexibility index (Phi) is 3.79. The molecule has 1 atom stereocenters. The Morgan fingerprint density at radius 2 is 2.12 bits per heavy atom. The summed E-state index contributed by atoms with van der Waals surface area (Å²) in [5.41, 5.74) is 1.61. The van der Waals surface area contributed by atoms with Crippen LogP contribution in [0.15, 0.2) is 24.3 Å². The number of carbonyl (C=O) groups is 1. The van der Waals surface area contributed by atoms with E-state index in [1.807, 2.05) is 24.3 Å². The van der Waals surface area contributed by atoms with Crippen LogP contribution in [0.5, 0.6) is 0 Å². The molecule has 1 aliphatic rings. The minimum atomic E-state index is -0.502. The lowest BCUT2D eigenvalue weighted by atomic mass is 10.1. The molecular formula is C14H19NO2. The highest BCUT2D eigenvalue weighted by Crippen LogP contribution is 2.26. The number of amides is 1. The minimum Gasteiger partial charge on any atom is -0.389 e. The smallest absolute Gasteiger partial charge is 0.227 e. The topological polar surface area (TPSA) is 49.3 Å². The van der Waals surface area contributed by atoms with Crippen molar-refractivity contribution in [1.29, 1.82) is 0 Å². The summed E-state index contributed by atoms with van der Waals surface area (Å²) in [6.07, 6.45) is 3.82. The fraction of sp³-hybridized carbons (Fsp3) is 0.500. The van der Waals surface area contributed by atoms with Gasteiger partial charge in [-0.25, -0.2) is 0 Å². The summed E-state index contributed by atoms with van der Waals surface area (Å²) in [6.45, 7) is 1.72. The second-order valence-electron chi connectivity index (χ2n) is 4.77. The van der Waals surface area contributed by atoms with Crippen LogP contribution in [-0.2, 0) is 4.79 Å². The summed E-state index contributed by atoms with van der Waals surface area (Å²) in [6, 6.07) is 7.40. The zero-order valence-corrected chi connectivity index (χ0v) is 10.1. The summed E-state index contributed by atoms with van der Waals surface area (Å²) in [4.78, 5) is 11.9. The lowest BCUT2D eigenvalue weighted by Gasteiger charge is -2.12. The predicted octanol–water partition coefficient (Wildman–Crippen LogP) is 2.87. The first kappa shape index (κ1) is 12.1. The Morgan fingerprint density at radius 3 is 2.76 bits per heavy atom. The molecule has 3 heteroatoms. The predicted molar refractivity (Wildman–Crippen MR) is 67.7 cm³/mol. The molecule has 2 N–H and O–H groups in total. The second-order valence-corrected chi connectivity index (χ2v) is 4.77. The highest BCUT2D eigenvalue weighted by molar-refractivity contribution is 5.92. The number of aliphatic hydroxyl groups is 1. The summed E-state index contributed by atoms with van der Waals surface area (Å²) >= 11 is 0. The van der Waals surface area contributed by atoms with E-state index in [1.54, 1.807) is 6.92 Å². The largest absolute Gasteiger partial charge is 0.389 e. The summed E-state index contributed by atoms with van der Waals surface area (Å²) < 4.78 is 0. The number of hydrogen-bond donors (Lipinski definition) is 2. The SMILES string of the molecule is C[C@H](O)c1cccc(NC(=O)C2CCCC2)c1. The van der Waals surface area contributed by atoms with Gasteiger partial charge < -0.3 is 10.4 Å². The standard InChI is InChI=1S/C14H19NO2/c1-10(16)12-7-4-8-13(9-12)15-14(17)11-5-2-3-6-11/h4,7-11,16H,2-3,5-6H2,1H3,(H,15,17)/t10-/m0/s1. The molecule has 0 radical (unpaired) electrons. The molecule has 1 amide bonds. The van der Waals surface area contributed by atoms with Gasteiger partial charge in [-0.3, -0.25) is 4.79 Å². The molecule has 1 aromatic rings. The van der Waals surface area contributed by atoms with E-state index in [1.165, 1.54) is 0 Å². The summed E-state index contributed by atoms with van der Waals surface area (Å²) in [5.74, 6) is 0.287. The molecule has 1 aromatic carbocycles. The molecule has 1 aliphatic carbocycles. The van der Waals surface area contributed by atoms with E-state index >= 15 is 0 Å². The van der Waals surface area contributed by atoms with Crippen molar-refractivity contribution in [2.45, 2.75) is 38.7 Å². The van der Waals surface area contributed by atoms with Gasteiger partial charge in [0.2, 0.25) is 5.91 Å². The molecule has 0 aromatic heterocycles. The molecule has 3 nitrogen and oxygen atoms in total. The number of carbonyl (C=O) groups excluding carboxylic acids is 1. The third-order valence-electron chi connectivity index (χ3n) is 3.36. The van der Waals surface area contributed by atoms with Crippen molar-refractivity contribution in [3.05, 3.63) is 29.8 Å². The summed E-state index contributed by atoms with van der Waals surface area (Å²) in [5, 5.41) is 12.4. The lowest BCUT2D eigenvalue weighted by molar-refractivity contribution is -0.119. The third kappa shape index (κ3) is 3.07. The number of nitrogens with one attached hydrogen (secondary N) is 1. The highest BCUT2D eigenvalue weighted by atomic mass is 16.3. The molecular weight excluding hydrogens is 214 g/mol. The van der Waals surface area contributed by atoms with Crippen molar-refractivity contribution in [1.82, 2.24) is 0 Å². The number of anilines is 1. The third-order valence-corrected chi connectivity index (χ3v) is 3.36. The van der Waals surface area contributed by atoms with Crippen LogP contribution < -0.4 is 5.32 Å². The molecule has 1 fully saturated rings. The highest BCUT2D eigenvalue weighted by Gasteiger charge is 2.22. The molecule has 17 heavy (non-hydrogen) atoms. The number of rotatable bonds is 3. The Labute approximate surface area is 102 Å². The van der Waals surface area contributed by atoms with Crippen LogP contribution in [0.1, 0.15) is 44.3 Å². The van der Waals surface area contributed by atoms with Crippen molar-refractivity contribution >= 4 is 11.6 Å². The monoisotopic (exact) mass is 233 g/mol. The van der Waals surface area contributed by atoms with Gasteiger partial charge in [-0.2, -0.15) is 0 Å². The summed E-state index contributed by atoms with van der Waals surface area (Å²) in [7, 11) is 0. The van der Waals surface area contributed by atoms with Gasteiger partial charge in [-0.15, -0.1) is 0 Å². The Bertz CT molecular complexity index is 395. The van der Waals surface area contributed by atoms with Crippen molar-refractivity contribution in [2.75, 3.05) is 5.32 Å². The van der Waals surface area contributed by atoms with Gasteiger partial charge in [0.1, 0.15) is 0 Å². The number of aliphatic hydroxyl groups excluding tert-OH is 1. The molecule has 0 unspecified atom stereocenters. The number of benzene rings is 1. The molecule has 2 rings (SSSR count). The average molecular weight is 233 g/mol. The second kappa shape index (κ2) is 5.32. The van der Waals surface area contributed by atoms with Crippen molar-refractivity contribution < 1.29 is 9.90 Å². The molecule has 0 heterocycles. The van der Waals surface area contributed by atoms with Crippen LogP contribution in [0.25, 0.3) is 0 Å². The van der Waals surface area contributed by atoms with Gasteiger partial charge in [0.15, 0.2) is 0 Å². The zero-order valence-electron chi connectivity index (χ0n) is 10.1. The van der Waals surface area contributed by atoms with E-state index in [-0.39, 0.29) is 11.8 Å². The van der Waals surface area contributed by atoms with Crippen molar-refractivity contribution in [3.8, 4) is 0 Å². The maximum absolute atomic E-state index is 11.9. The maximum Gasteiger partial charge on any atom is 0.227 e. The first-order valence-electron chi connectivity index (χ1n) is 6.25. The first-order valence-corrected chi connectivity index (χ1v) is 6.25. The lowest BCUT2D eigenvalue weighted by Crippen LogP contribution is -2.20. The fourth-order valence-electron chi connectivity index (χ4n) is 2.31. The van der Waals surface area contributed by atoms with Gasteiger partial charge in [0, 0.05) is 11.6 Å². The fourth-order valence-corrected chi connectivity index (χ4v) is 2.31. The van der Waals surface area contributed by atoms with Gasteiger partial charge in [0.25, 0.3) is 0 Å². The van der Waals surface area contributed by atoms with E-state index in [9.17, 15) is 9.90 Å². The van der Waals surface area contributed by atoms with Crippen LogP contribution in [-0.4, -0.2) is 11.0 Å². The Balaban J connectivity index is 2.02. The van der Waals surface area contributed by atoms with Crippen LogP contribution >= 0.6 is 0 Å². The van der Waals surface area contributed by atoms with Crippen molar-refractivity contribution in [3.63, 3.8) is 0 Å². The Hall–Kier alpha value is -1.35. The molecule has 0 saturated heterocycles. The van der Waals surface area contributed by atoms with Crippen LogP contribution in [0, 0.1) is 5.92 Å². The molecule has 0 spiro atoms. The molecule has 1 saturated carbocycles. The van der Waals surface area contributed by atoms with E-state index in [0.717, 1.165) is 36.9 Å². The van der Waals surface area contributed by atoms with Gasteiger partial charge in [0.05, 0.1) is 6.10 Å². The van der Waals surface area contributed by atoms with E-state index in [0.29, 0.717) is 0 Å². The van der Waals surface area contributed by atoms with Gasteiger partial charge in [-0.05, 0) is 37.5 Å². The van der Waals surface area contributed by atoms with E-state index < -0.39 is 6.10 Å². The zero-order chi connectivity index (χ0) is 12.3. The molecule has 0 bridgehead atoms. The average Bonchev–Trinajstić information content (AvgIpc) is 2.82. The van der Waals surface area contributed by atoms with E-state index in [2.05, 4.69) is 5.32 Å². The van der Waals surface area contributed by atoms with Crippen molar-refractivity contribution in [2.24, 2.45) is 5.92 Å². The minimum absolute atomic E-state index is 0.116. The quantitative estimate of drug-likeness (QED) is 0.843. The molecule has 0 aliphatic heterocycles. The Morgan fingerprint density at radius 1 is 1.41 bits per heavy atom. The van der Waals surface area contributed by atoms with Gasteiger partial charge in [-0.1, -0.05) is 25.0 Å². The van der Waals surface area contributed by atoms with Gasteiger partial charge >= 0.3 is 0 Å². The van der Waals surface area contributed by atoms with Crippen LogP contribution in [0.4, 0.5) is 5.69 Å². The number of hydrogen-bond acceptors (Lipinski definition) is 2.